The number of anilines is 1. The van der Waals surface area contributed by atoms with Crippen LogP contribution in [0.2, 0.25) is 5.02 Å². The van der Waals surface area contributed by atoms with Gasteiger partial charge in [0.2, 0.25) is 5.95 Å². The summed E-state index contributed by atoms with van der Waals surface area (Å²) in [5.41, 5.74) is 6.13. The Labute approximate surface area is 105 Å². The number of hydrogen-bond acceptors (Lipinski definition) is 5. The summed E-state index contributed by atoms with van der Waals surface area (Å²) in [6.07, 6.45) is 5.61. The third kappa shape index (κ3) is 1.99. The quantitative estimate of drug-likeness (QED) is 0.825. The van der Waals surface area contributed by atoms with Crippen LogP contribution in [0.1, 0.15) is 12.8 Å². The normalized spacial score (nSPS) is 35.9. The Hall–Kier alpha value is -0.910. The molecular weight excluding hydrogens is 240 g/mol. The molecule has 1 saturated heterocycles. The molecule has 92 valence electrons. The number of ether oxygens (including phenoxy) is 1. The van der Waals surface area contributed by atoms with E-state index in [0.717, 1.165) is 19.4 Å². The number of aromatic nitrogens is 2. The molecule has 1 aliphatic carbocycles. The molecule has 2 aliphatic rings. The van der Waals surface area contributed by atoms with Crippen molar-refractivity contribution in [3.05, 3.63) is 17.4 Å². The minimum Gasteiger partial charge on any atom is -0.376 e. The van der Waals surface area contributed by atoms with E-state index in [1.165, 1.54) is 0 Å². The van der Waals surface area contributed by atoms with E-state index in [1.54, 1.807) is 12.4 Å². The van der Waals surface area contributed by atoms with Gasteiger partial charge >= 0.3 is 0 Å². The fourth-order valence-corrected chi connectivity index (χ4v) is 2.76. The summed E-state index contributed by atoms with van der Waals surface area (Å²) in [5, 5.41) is 3.75. The fourth-order valence-electron chi connectivity index (χ4n) is 2.66. The second-order valence-corrected chi connectivity index (χ2v) is 5.05. The van der Waals surface area contributed by atoms with E-state index >= 15 is 0 Å². The average molecular weight is 255 g/mol. The van der Waals surface area contributed by atoms with Gasteiger partial charge in [-0.2, -0.15) is 0 Å². The molecule has 1 aliphatic heterocycles. The highest BCUT2D eigenvalue weighted by atomic mass is 35.5. The largest absolute Gasteiger partial charge is 0.376 e. The van der Waals surface area contributed by atoms with E-state index in [1.807, 2.05) is 0 Å². The Balaban J connectivity index is 1.67. The second kappa shape index (κ2) is 4.40. The maximum absolute atomic E-state index is 6.13. The molecule has 3 rings (SSSR count). The SMILES string of the molecule is NC1C2CCCOC2C1Nc1ncc(Cl)cn1. The van der Waals surface area contributed by atoms with Crippen molar-refractivity contribution in [3.8, 4) is 0 Å². The minimum atomic E-state index is 0.112. The van der Waals surface area contributed by atoms with Crippen molar-refractivity contribution in [2.24, 2.45) is 11.7 Å². The first-order valence-electron chi connectivity index (χ1n) is 5.87. The summed E-state index contributed by atoms with van der Waals surface area (Å²) in [4.78, 5) is 8.21. The van der Waals surface area contributed by atoms with Crippen molar-refractivity contribution in [2.45, 2.75) is 31.0 Å². The highest BCUT2D eigenvalue weighted by molar-refractivity contribution is 6.30. The number of fused-ring (bicyclic) bond motifs is 1. The fraction of sp³-hybridized carbons (Fsp3) is 0.636. The van der Waals surface area contributed by atoms with Crippen LogP contribution in [-0.4, -0.2) is 34.8 Å². The Morgan fingerprint density at radius 1 is 1.41 bits per heavy atom. The molecule has 4 unspecified atom stereocenters. The summed E-state index contributed by atoms with van der Waals surface area (Å²) in [6.45, 7) is 0.827. The standard InChI is InChI=1S/C11H15ClN4O/c12-6-4-14-11(15-5-6)16-9-8(13)7-2-1-3-17-10(7)9/h4-5,7-10H,1-3,13H2,(H,14,15,16). The molecule has 6 heteroatoms. The maximum atomic E-state index is 6.13. The van der Waals surface area contributed by atoms with Crippen LogP contribution in [0.15, 0.2) is 12.4 Å². The van der Waals surface area contributed by atoms with Gasteiger partial charge in [-0.15, -0.1) is 0 Å². The average Bonchev–Trinajstić information content (AvgIpc) is 2.37. The molecule has 0 spiro atoms. The van der Waals surface area contributed by atoms with Gasteiger partial charge in [0.25, 0.3) is 0 Å². The van der Waals surface area contributed by atoms with Crippen LogP contribution < -0.4 is 11.1 Å². The molecule has 1 aromatic heterocycles. The summed E-state index contributed by atoms with van der Waals surface area (Å²) < 4.78 is 5.73. The lowest BCUT2D eigenvalue weighted by Crippen LogP contribution is -2.69. The Bertz CT molecular complexity index is 399. The van der Waals surface area contributed by atoms with E-state index in [9.17, 15) is 0 Å². The maximum Gasteiger partial charge on any atom is 0.223 e. The van der Waals surface area contributed by atoms with Crippen LogP contribution in [0.4, 0.5) is 5.95 Å². The Morgan fingerprint density at radius 3 is 2.94 bits per heavy atom. The lowest BCUT2D eigenvalue weighted by molar-refractivity contribution is -0.104. The summed E-state index contributed by atoms with van der Waals surface area (Å²) >= 11 is 5.73. The molecule has 0 aromatic carbocycles. The van der Waals surface area contributed by atoms with Crippen molar-refractivity contribution in [1.29, 1.82) is 0 Å². The highest BCUT2D eigenvalue weighted by Gasteiger charge is 2.50. The molecular formula is C11H15ClN4O. The van der Waals surface area contributed by atoms with Gasteiger partial charge in [-0.05, 0) is 12.8 Å². The van der Waals surface area contributed by atoms with Gasteiger partial charge in [0, 0.05) is 18.6 Å². The first-order chi connectivity index (χ1) is 8.25. The predicted octanol–water partition coefficient (Wildman–Crippen LogP) is 1.05. The van der Waals surface area contributed by atoms with E-state index in [0.29, 0.717) is 16.9 Å². The number of rotatable bonds is 2. The molecule has 5 nitrogen and oxygen atoms in total. The molecule has 0 radical (unpaired) electrons. The van der Waals surface area contributed by atoms with Gasteiger partial charge in [-0.3, -0.25) is 0 Å². The molecule has 1 aromatic rings. The molecule has 2 heterocycles. The molecule has 4 atom stereocenters. The van der Waals surface area contributed by atoms with Gasteiger partial charge in [-0.1, -0.05) is 11.6 Å². The van der Waals surface area contributed by atoms with Crippen molar-refractivity contribution in [2.75, 3.05) is 11.9 Å². The number of halogens is 1. The molecule has 1 saturated carbocycles. The first kappa shape index (κ1) is 11.2. The van der Waals surface area contributed by atoms with Crippen molar-refractivity contribution >= 4 is 17.5 Å². The van der Waals surface area contributed by atoms with Crippen LogP contribution in [0, 0.1) is 5.92 Å². The first-order valence-corrected chi connectivity index (χ1v) is 6.25. The topological polar surface area (TPSA) is 73.1 Å². The summed E-state index contributed by atoms with van der Waals surface area (Å²) in [5.74, 6) is 1.04. The third-order valence-electron chi connectivity index (χ3n) is 3.59. The van der Waals surface area contributed by atoms with Gasteiger partial charge < -0.3 is 15.8 Å². The Kier molecular flexibility index (Phi) is 2.90. The minimum absolute atomic E-state index is 0.112. The van der Waals surface area contributed by atoms with Gasteiger partial charge in [-0.25, -0.2) is 9.97 Å². The smallest absolute Gasteiger partial charge is 0.223 e. The molecule has 3 N–H and O–H groups in total. The molecule has 2 fully saturated rings. The molecule has 17 heavy (non-hydrogen) atoms. The van der Waals surface area contributed by atoms with Crippen LogP contribution in [0.25, 0.3) is 0 Å². The number of nitrogens with zero attached hydrogens (tertiary/aromatic N) is 2. The van der Waals surface area contributed by atoms with E-state index in [-0.39, 0.29) is 18.2 Å². The molecule has 0 amide bonds. The zero-order chi connectivity index (χ0) is 11.8. The van der Waals surface area contributed by atoms with E-state index in [4.69, 9.17) is 22.1 Å². The lowest BCUT2D eigenvalue weighted by Gasteiger charge is -2.52. The van der Waals surface area contributed by atoms with Crippen LogP contribution in [0.3, 0.4) is 0 Å². The summed E-state index contributed by atoms with van der Waals surface area (Å²) in [6, 6.07) is 0.237. The van der Waals surface area contributed by atoms with Gasteiger partial charge in [0.05, 0.1) is 29.6 Å². The van der Waals surface area contributed by atoms with Gasteiger partial charge in [0.1, 0.15) is 0 Å². The highest BCUT2D eigenvalue weighted by Crippen LogP contribution is 2.38. The monoisotopic (exact) mass is 254 g/mol. The van der Waals surface area contributed by atoms with E-state index in [2.05, 4.69) is 15.3 Å². The van der Waals surface area contributed by atoms with Crippen molar-refractivity contribution < 1.29 is 4.74 Å². The zero-order valence-corrected chi connectivity index (χ0v) is 10.1. The van der Waals surface area contributed by atoms with Gasteiger partial charge in [0.15, 0.2) is 0 Å². The number of nitrogens with one attached hydrogen (secondary N) is 1. The van der Waals surface area contributed by atoms with Crippen molar-refractivity contribution in [1.82, 2.24) is 9.97 Å². The van der Waals surface area contributed by atoms with E-state index < -0.39 is 0 Å². The lowest BCUT2D eigenvalue weighted by atomic mass is 9.69. The van der Waals surface area contributed by atoms with Crippen LogP contribution in [-0.2, 0) is 4.74 Å². The van der Waals surface area contributed by atoms with Crippen LogP contribution >= 0.6 is 11.6 Å². The van der Waals surface area contributed by atoms with Crippen LogP contribution in [0.5, 0.6) is 0 Å². The Morgan fingerprint density at radius 2 is 2.18 bits per heavy atom. The number of hydrogen-bond donors (Lipinski definition) is 2. The second-order valence-electron chi connectivity index (χ2n) is 4.61. The molecule has 0 bridgehead atoms. The number of nitrogens with two attached hydrogens (primary N) is 1. The summed E-state index contributed by atoms with van der Waals surface area (Å²) in [7, 11) is 0. The zero-order valence-electron chi connectivity index (χ0n) is 9.34. The van der Waals surface area contributed by atoms with Crippen molar-refractivity contribution in [3.63, 3.8) is 0 Å². The third-order valence-corrected chi connectivity index (χ3v) is 3.79. The predicted molar refractivity (Wildman–Crippen MR) is 64.9 cm³/mol.